The average Bonchev–Trinajstić information content (AvgIpc) is 2.35. The molecule has 0 saturated heterocycles. The molecule has 0 N–H and O–H groups in total. The standard InChI is InChI=1S/C12H11F3O5S/c1-2-19-11(16)7-6-9-4-3-5-10(8-9)20-21(17,18)12(13,14)15/h3-8H,2H2,1H3. The van der Waals surface area contributed by atoms with Gasteiger partial charge in [0.25, 0.3) is 0 Å². The van der Waals surface area contributed by atoms with E-state index in [1.54, 1.807) is 6.92 Å². The number of esters is 1. The van der Waals surface area contributed by atoms with Crippen LogP contribution in [0.4, 0.5) is 13.2 Å². The summed E-state index contributed by atoms with van der Waals surface area (Å²) in [7, 11) is -5.72. The van der Waals surface area contributed by atoms with Crippen molar-refractivity contribution in [2.45, 2.75) is 12.4 Å². The van der Waals surface area contributed by atoms with Crippen molar-refractivity contribution in [3.05, 3.63) is 35.9 Å². The van der Waals surface area contributed by atoms with E-state index < -0.39 is 27.3 Å². The van der Waals surface area contributed by atoms with Gasteiger partial charge < -0.3 is 8.92 Å². The topological polar surface area (TPSA) is 69.7 Å². The molecule has 0 fully saturated rings. The molecule has 1 rings (SSSR count). The van der Waals surface area contributed by atoms with E-state index in [-0.39, 0.29) is 12.2 Å². The first-order chi connectivity index (χ1) is 9.65. The zero-order chi connectivity index (χ0) is 16.1. The molecule has 1 aromatic carbocycles. The van der Waals surface area contributed by atoms with Crippen LogP contribution in [-0.4, -0.2) is 26.5 Å². The largest absolute Gasteiger partial charge is 0.534 e. The third kappa shape index (κ3) is 5.10. The lowest BCUT2D eigenvalue weighted by Gasteiger charge is -2.09. The summed E-state index contributed by atoms with van der Waals surface area (Å²) in [6.45, 7) is 1.79. The molecule has 1 aromatic rings. The van der Waals surface area contributed by atoms with Crippen LogP contribution in [0.25, 0.3) is 6.08 Å². The Morgan fingerprint density at radius 1 is 1.33 bits per heavy atom. The molecule has 0 aromatic heterocycles. The summed E-state index contributed by atoms with van der Waals surface area (Å²) in [5.41, 5.74) is -5.23. The van der Waals surface area contributed by atoms with E-state index in [0.29, 0.717) is 0 Å². The van der Waals surface area contributed by atoms with Crippen LogP contribution in [-0.2, 0) is 19.6 Å². The zero-order valence-electron chi connectivity index (χ0n) is 10.8. The quantitative estimate of drug-likeness (QED) is 0.360. The maximum absolute atomic E-state index is 12.2. The summed E-state index contributed by atoms with van der Waals surface area (Å²) in [5.74, 6) is -1.15. The number of hydrogen-bond donors (Lipinski definition) is 0. The monoisotopic (exact) mass is 324 g/mol. The lowest BCUT2D eigenvalue weighted by Crippen LogP contribution is -2.28. The molecule has 116 valence electrons. The predicted molar refractivity (Wildman–Crippen MR) is 67.7 cm³/mol. The highest BCUT2D eigenvalue weighted by Gasteiger charge is 2.48. The van der Waals surface area contributed by atoms with Crippen molar-refractivity contribution in [3.8, 4) is 5.75 Å². The molecule has 0 bridgehead atoms. The Labute approximate surface area is 119 Å². The minimum absolute atomic E-state index is 0.177. The highest BCUT2D eigenvalue weighted by molar-refractivity contribution is 7.88. The first kappa shape index (κ1) is 17.0. The van der Waals surface area contributed by atoms with E-state index in [9.17, 15) is 26.4 Å². The highest BCUT2D eigenvalue weighted by Crippen LogP contribution is 2.27. The van der Waals surface area contributed by atoms with Gasteiger partial charge in [0, 0.05) is 6.08 Å². The maximum atomic E-state index is 12.2. The first-order valence-electron chi connectivity index (χ1n) is 5.61. The molecule has 0 heterocycles. The van der Waals surface area contributed by atoms with Crippen LogP contribution in [0, 0.1) is 0 Å². The van der Waals surface area contributed by atoms with Crippen molar-refractivity contribution in [1.82, 2.24) is 0 Å². The summed E-state index contributed by atoms with van der Waals surface area (Å²) in [5, 5.41) is 0. The van der Waals surface area contributed by atoms with Crippen LogP contribution < -0.4 is 4.18 Å². The van der Waals surface area contributed by atoms with Gasteiger partial charge in [-0.25, -0.2) is 4.79 Å². The fourth-order valence-electron chi connectivity index (χ4n) is 1.20. The number of rotatable bonds is 5. The summed E-state index contributed by atoms with van der Waals surface area (Å²) in [6, 6.07) is 4.82. The number of alkyl halides is 3. The Hall–Kier alpha value is -2.03. The van der Waals surface area contributed by atoms with Gasteiger partial charge in [0.15, 0.2) is 0 Å². The molecule has 5 nitrogen and oxygen atoms in total. The fraction of sp³-hybridized carbons (Fsp3) is 0.250. The molecule has 0 aliphatic carbocycles. The van der Waals surface area contributed by atoms with E-state index in [1.807, 2.05) is 0 Å². The third-order valence-electron chi connectivity index (χ3n) is 2.05. The summed E-state index contributed by atoms with van der Waals surface area (Å²) >= 11 is 0. The Balaban J connectivity index is 2.90. The van der Waals surface area contributed by atoms with Gasteiger partial charge >= 0.3 is 21.6 Å². The minimum atomic E-state index is -5.72. The molecule has 0 spiro atoms. The smallest absolute Gasteiger partial charge is 0.463 e. The summed E-state index contributed by atoms with van der Waals surface area (Å²) in [6.07, 6.45) is 2.31. The molecular weight excluding hydrogens is 313 g/mol. The van der Waals surface area contributed by atoms with Crippen LogP contribution >= 0.6 is 0 Å². The Morgan fingerprint density at radius 3 is 2.57 bits per heavy atom. The molecule has 0 saturated carbocycles. The predicted octanol–water partition coefficient (Wildman–Crippen LogP) is 2.49. The van der Waals surface area contributed by atoms with Crippen molar-refractivity contribution in [3.63, 3.8) is 0 Å². The number of carbonyl (C=O) groups is 1. The van der Waals surface area contributed by atoms with Gasteiger partial charge in [0.1, 0.15) is 5.75 Å². The van der Waals surface area contributed by atoms with Crippen LogP contribution in [0.3, 0.4) is 0 Å². The average molecular weight is 324 g/mol. The van der Waals surface area contributed by atoms with Gasteiger partial charge in [-0.3, -0.25) is 0 Å². The van der Waals surface area contributed by atoms with Crippen molar-refractivity contribution in [2.75, 3.05) is 6.61 Å². The second-order valence-electron chi connectivity index (χ2n) is 3.64. The van der Waals surface area contributed by atoms with Crippen molar-refractivity contribution in [2.24, 2.45) is 0 Å². The molecule has 0 aliphatic heterocycles. The number of ether oxygens (including phenoxy) is 1. The molecule has 0 unspecified atom stereocenters. The third-order valence-corrected chi connectivity index (χ3v) is 3.02. The Kier molecular flexibility index (Phi) is 5.36. The highest BCUT2D eigenvalue weighted by atomic mass is 32.2. The summed E-state index contributed by atoms with van der Waals surface area (Å²) in [4.78, 5) is 11.1. The van der Waals surface area contributed by atoms with Crippen LogP contribution in [0.5, 0.6) is 5.75 Å². The minimum Gasteiger partial charge on any atom is -0.463 e. The lowest BCUT2D eigenvalue weighted by molar-refractivity contribution is -0.137. The maximum Gasteiger partial charge on any atom is 0.534 e. The second-order valence-corrected chi connectivity index (χ2v) is 5.18. The van der Waals surface area contributed by atoms with Gasteiger partial charge in [-0.05, 0) is 30.7 Å². The van der Waals surface area contributed by atoms with E-state index in [0.717, 1.165) is 18.2 Å². The Morgan fingerprint density at radius 2 is 2.00 bits per heavy atom. The molecule has 0 atom stereocenters. The second kappa shape index (κ2) is 6.61. The van der Waals surface area contributed by atoms with Gasteiger partial charge in [-0.2, -0.15) is 21.6 Å². The van der Waals surface area contributed by atoms with Crippen LogP contribution in [0.2, 0.25) is 0 Å². The molecule has 0 radical (unpaired) electrons. The summed E-state index contributed by atoms with van der Waals surface area (Å²) < 4.78 is 66.8. The Bertz CT molecular complexity index is 635. The molecule has 0 aliphatic rings. The van der Waals surface area contributed by atoms with Gasteiger partial charge in [-0.15, -0.1) is 0 Å². The van der Waals surface area contributed by atoms with Crippen molar-refractivity contribution >= 4 is 22.2 Å². The molecular formula is C12H11F3O5S. The number of carbonyl (C=O) groups excluding carboxylic acids is 1. The van der Waals surface area contributed by atoms with E-state index in [4.69, 9.17) is 0 Å². The SMILES string of the molecule is CCOC(=O)C=Cc1cccc(OS(=O)(=O)C(F)(F)F)c1. The number of halogens is 3. The normalized spacial score (nSPS) is 12.4. The van der Waals surface area contributed by atoms with Crippen molar-refractivity contribution in [1.29, 1.82) is 0 Å². The lowest BCUT2D eigenvalue weighted by atomic mass is 10.2. The van der Waals surface area contributed by atoms with E-state index >= 15 is 0 Å². The van der Waals surface area contributed by atoms with Gasteiger partial charge in [-0.1, -0.05) is 12.1 Å². The number of hydrogen-bond acceptors (Lipinski definition) is 5. The van der Waals surface area contributed by atoms with Crippen molar-refractivity contribution < 1.29 is 35.3 Å². The molecule has 9 heteroatoms. The van der Waals surface area contributed by atoms with Gasteiger partial charge in [0.2, 0.25) is 0 Å². The molecule has 0 amide bonds. The fourth-order valence-corrected chi connectivity index (χ4v) is 1.65. The van der Waals surface area contributed by atoms with Gasteiger partial charge in [0.05, 0.1) is 6.61 Å². The van der Waals surface area contributed by atoms with Crippen LogP contribution in [0.1, 0.15) is 12.5 Å². The zero-order valence-corrected chi connectivity index (χ0v) is 11.6. The molecule has 21 heavy (non-hydrogen) atoms. The van der Waals surface area contributed by atoms with E-state index in [2.05, 4.69) is 8.92 Å². The van der Waals surface area contributed by atoms with Crippen LogP contribution in [0.15, 0.2) is 30.3 Å². The van der Waals surface area contributed by atoms with E-state index in [1.165, 1.54) is 18.2 Å². The number of benzene rings is 1. The first-order valence-corrected chi connectivity index (χ1v) is 7.02.